The third-order valence-corrected chi connectivity index (χ3v) is 2.98. The summed E-state index contributed by atoms with van der Waals surface area (Å²) in [4.78, 5) is 4.12. The van der Waals surface area contributed by atoms with Crippen molar-refractivity contribution in [3.63, 3.8) is 0 Å². The van der Waals surface area contributed by atoms with Gasteiger partial charge in [0, 0.05) is 36.8 Å². The number of benzene rings is 1. The van der Waals surface area contributed by atoms with Crippen molar-refractivity contribution in [3.05, 3.63) is 54.1 Å². The molecule has 0 spiro atoms. The van der Waals surface area contributed by atoms with Gasteiger partial charge in [0.2, 0.25) is 5.90 Å². The lowest BCUT2D eigenvalue weighted by molar-refractivity contribution is 0.278. The zero-order valence-corrected chi connectivity index (χ0v) is 12.0. The van der Waals surface area contributed by atoms with Crippen LogP contribution in [0.25, 0.3) is 5.70 Å². The van der Waals surface area contributed by atoms with Crippen LogP contribution >= 0.6 is 0 Å². The molecule has 0 amide bonds. The summed E-state index contributed by atoms with van der Waals surface area (Å²) in [5.74, 6) is 1.37. The summed E-state index contributed by atoms with van der Waals surface area (Å²) in [6, 6.07) is 7.36. The highest BCUT2D eigenvalue weighted by Crippen LogP contribution is 2.22. The molecule has 1 aromatic carbocycles. The fraction of sp³-hybridized carbons (Fsp3) is 0.200. The van der Waals surface area contributed by atoms with Crippen molar-refractivity contribution in [2.45, 2.75) is 6.61 Å². The summed E-state index contributed by atoms with van der Waals surface area (Å²) in [6.45, 7) is 0.220. The second-order valence-corrected chi connectivity index (χ2v) is 4.41. The molecule has 0 atom stereocenters. The minimum Gasteiger partial charge on any atom is -0.496 e. The maximum absolute atomic E-state index is 7.81. The number of ether oxygens (including phenoxy) is 2. The summed E-state index contributed by atoms with van der Waals surface area (Å²) in [5, 5.41) is 7.81. The maximum Gasteiger partial charge on any atom is 0.208 e. The molecule has 6 nitrogen and oxygen atoms in total. The van der Waals surface area contributed by atoms with Gasteiger partial charge in [-0.1, -0.05) is 12.1 Å². The topological polar surface area (TPSA) is 86.2 Å². The fourth-order valence-corrected chi connectivity index (χ4v) is 1.82. The first-order valence-corrected chi connectivity index (χ1v) is 6.40. The van der Waals surface area contributed by atoms with Gasteiger partial charge in [0.1, 0.15) is 18.2 Å². The number of nitrogens with one attached hydrogen (secondary N) is 1. The Bertz CT molecular complexity index is 661. The number of imidazole rings is 1. The molecule has 0 bridgehead atoms. The second-order valence-electron chi connectivity index (χ2n) is 4.41. The molecule has 2 aromatic rings. The molecule has 1 heterocycles. The van der Waals surface area contributed by atoms with E-state index in [0.717, 1.165) is 11.4 Å². The zero-order chi connectivity index (χ0) is 15.2. The van der Waals surface area contributed by atoms with Crippen LogP contribution in [-0.2, 0) is 18.4 Å². The van der Waals surface area contributed by atoms with Crippen LogP contribution in [0.2, 0.25) is 0 Å². The second kappa shape index (κ2) is 6.60. The first-order chi connectivity index (χ1) is 10.1. The van der Waals surface area contributed by atoms with Crippen LogP contribution in [0.1, 0.15) is 11.4 Å². The predicted octanol–water partition coefficient (Wildman–Crippen LogP) is 1.92. The molecule has 21 heavy (non-hydrogen) atoms. The molecule has 0 aliphatic rings. The van der Waals surface area contributed by atoms with Gasteiger partial charge in [-0.05, 0) is 12.1 Å². The van der Waals surface area contributed by atoms with Gasteiger partial charge in [-0.25, -0.2) is 4.98 Å². The molecular weight excluding hydrogens is 268 g/mol. The number of nitrogens with zero attached hydrogens (tertiary/aromatic N) is 2. The molecule has 0 radical (unpaired) electrons. The van der Waals surface area contributed by atoms with Crippen molar-refractivity contribution in [2.24, 2.45) is 12.8 Å². The van der Waals surface area contributed by atoms with Crippen molar-refractivity contribution in [1.29, 1.82) is 5.41 Å². The quantitative estimate of drug-likeness (QED) is 0.649. The molecular formula is C15H18N4O2. The number of hydrogen-bond donors (Lipinski definition) is 2. The number of para-hydroxylation sites is 1. The highest BCUT2D eigenvalue weighted by atomic mass is 16.5. The van der Waals surface area contributed by atoms with Crippen LogP contribution in [0, 0.1) is 5.41 Å². The fourth-order valence-electron chi connectivity index (χ4n) is 1.82. The minimum absolute atomic E-state index is 0.0265. The van der Waals surface area contributed by atoms with Crippen LogP contribution in [0.3, 0.4) is 0 Å². The Morgan fingerprint density at radius 1 is 1.43 bits per heavy atom. The molecule has 0 aliphatic heterocycles. The van der Waals surface area contributed by atoms with Crippen LogP contribution in [-0.4, -0.2) is 22.6 Å². The van der Waals surface area contributed by atoms with E-state index in [9.17, 15) is 0 Å². The average Bonchev–Trinajstić information content (AvgIpc) is 2.90. The summed E-state index contributed by atoms with van der Waals surface area (Å²) in [6.07, 6.45) is 4.96. The first kappa shape index (κ1) is 14.6. The minimum atomic E-state index is -0.0265. The van der Waals surface area contributed by atoms with Crippen molar-refractivity contribution in [1.82, 2.24) is 9.55 Å². The number of aromatic nitrogens is 2. The predicted molar refractivity (Wildman–Crippen MR) is 80.9 cm³/mol. The molecule has 6 heteroatoms. The highest BCUT2D eigenvalue weighted by Gasteiger charge is 2.06. The Hall–Kier alpha value is -2.76. The van der Waals surface area contributed by atoms with Crippen molar-refractivity contribution in [2.75, 3.05) is 7.11 Å². The Morgan fingerprint density at radius 2 is 2.19 bits per heavy atom. The van der Waals surface area contributed by atoms with Gasteiger partial charge >= 0.3 is 0 Å². The van der Waals surface area contributed by atoms with E-state index in [1.54, 1.807) is 13.3 Å². The molecule has 1 aromatic heterocycles. The van der Waals surface area contributed by atoms with E-state index in [1.165, 1.54) is 6.08 Å². The largest absolute Gasteiger partial charge is 0.496 e. The summed E-state index contributed by atoms with van der Waals surface area (Å²) < 4.78 is 12.4. The lowest BCUT2D eigenvalue weighted by Crippen LogP contribution is -2.08. The number of nitrogens with two attached hydrogens (primary N) is 1. The third kappa shape index (κ3) is 3.62. The third-order valence-electron chi connectivity index (χ3n) is 2.98. The van der Waals surface area contributed by atoms with E-state index >= 15 is 0 Å². The van der Waals surface area contributed by atoms with Gasteiger partial charge in [-0.3, -0.25) is 5.41 Å². The van der Waals surface area contributed by atoms with Crippen LogP contribution in [0.15, 0.2) is 42.7 Å². The summed E-state index contributed by atoms with van der Waals surface area (Å²) in [5.41, 5.74) is 7.13. The SMILES string of the molecule is COc1ccccc1/C(N)=C/C(=N)OCc1nccn1C. The molecule has 3 N–H and O–H groups in total. The first-order valence-electron chi connectivity index (χ1n) is 6.40. The Morgan fingerprint density at radius 3 is 2.86 bits per heavy atom. The molecule has 2 rings (SSSR count). The number of methoxy groups -OCH3 is 1. The van der Waals surface area contributed by atoms with E-state index in [-0.39, 0.29) is 12.5 Å². The molecule has 0 fully saturated rings. The van der Waals surface area contributed by atoms with E-state index in [2.05, 4.69) is 4.98 Å². The standard InChI is InChI=1S/C15H18N4O2/c1-19-8-7-18-15(19)10-21-14(17)9-12(16)11-5-3-4-6-13(11)20-2/h3-9,17H,10,16H2,1-2H3/b12-9-,17-14?. The number of aryl methyl sites for hydroxylation is 1. The lowest BCUT2D eigenvalue weighted by atomic mass is 10.1. The van der Waals surface area contributed by atoms with Crippen molar-refractivity contribution in [3.8, 4) is 5.75 Å². The van der Waals surface area contributed by atoms with Crippen molar-refractivity contribution < 1.29 is 9.47 Å². The van der Waals surface area contributed by atoms with Crippen molar-refractivity contribution >= 4 is 11.6 Å². The van der Waals surface area contributed by atoms with Gasteiger partial charge in [0.25, 0.3) is 0 Å². The van der Waals surface area contributed by atoms with Crippen LogP contribution < -0.4 is 10.5 Å². The Kier molecular flexibility index (Phi) is 4.61. The smallest absolute Gasteiger partial charge is 0.208 e. The maximum atomic E-state index is 7.81. The normalized spacial score (nSPS) is 11.2. The average molecular weight is 286 g/mol. The van der Waals surface area contributed by atoms with E-state index in [4.69, 9.17) is 20.6 Å². The summed E-state index contributed by atoms with van der Waals surface area (Å²) >= 11 is 0. The van der Waals surface area contributed by atoms with E-state index < -0.39 is 0 Å². The lowest BCUT2D eigenvalue weighted by Gasteiger charge is -2.09. The summed E-state index contributed by atoms with van der Waals surface area (Å²) in [7, 11) is 3.45. The van der Waals surface area contributed by atoms with Gasteiger partial charge in [0.05, 0.1) is 7.11 Å². The molecule has 0 saturated heterocycles. The molecule has 110 valence electrons. The molecule has 0 unspecified atom stereocenters. The van der Waals surface area contributed by atoms with Crippen LogP contribution in [0.5, 0.6) is 5.75 Å². The highest BCUT2D eigenvalue weighted by molar-refractivity contribution is 5.93. The van der Waals surface area contributed by atoms with Gasteiger partial charge in [-0.2, -0.15) is 0 Å². The van der Waals surface area contributed by atoms with E-state index in [1.807, 2.05) is 42.1 Å². The Labute approximate surface area is 123 Å². The molecule has 0 aliphatic carbocycles. The Balaban J connectivity index is 2.04. The molecule has 0 saturated carbocycles. The zero-order valence-electron chi connectivity index (χ0n) is 12.0. The number of rotatable bonds is 5. The van der Waals surface area contributed by atoms with Gasteiger partial charge in [-0.15, -0.1) is 0 Å². The van der Waals surface area contributed by atoms with E-state index in [0.29, 0.717) is 11.4 Å². The van der Waals surface area contributed by atoms with Crippen LogP contribution in [0.4, 0.5) is 0 Å². The van der Waals surface area contributed by atoms with Gasteiger partial charge < -0.3 is 19.8 Å². The van der Waals surface area contributed by atoms with Gasteiger partial charge in [0.15, 0.2) is 0 Å². The monoisotopic (exact) mass is 286 g/mol. The number of hydrogen-bond acceptors (Lipinski definition) is 5.